The molecule has 1 heterocycles. The smallest absolute Gasteiger partial charge is 0.411 e. The van der Waals surface area contributed by atoms with Crippen molar-refractivity contribution in [1.29, 1.82) is 0 Å². The van der Waals surface area contributed by atoms with Gasteiger partial charge in [-0.1, -0.05) is 19.1 Å². The number of ether oxygens (including phenoxy) is 2. The van der Waals surface area contributed by atoms with Crippen LogP contribution in [0.5, 0.6) is 5.75 Å². The average molecular weight is 374 g/mol. The van der Waals surface area contributed by atoms with Crippen LogP contribution in [0.2, 0.25) is 0 Å². The van der Waals surface area contributed by atoms with Crippen LogP contribution >= 0.6 is 0 Å². The minimum Gasteiger partial charge on any atom is -0.495 e. The summed E-state index contributed by atoms with van der Waals surface area (Å²) in [6.07, 6.45) is 5.50. The minimum absolute atomic E-state index is 0.103. The number of methoxy groups -OCH3 is 1. The molecule has 2 fully saturated rings. The van der Waals surface area contributed by atoms with E-state index in [9.17, 15) is 9.59 Å². The first-order chi connectivity index (χ1) is 13.0. The number of amides is 2. The summed E-state index contributed by atoms with van der Waals surface area (Å²) in [5.41, 5.74) is 0.474. The van der Waals surface area contributed by atoms with Gasteiger partial charge in [-0.15, -0.1) is 0 Å². The average Bonchev–Trinajstić information content (AvgIpc) is 2.98. The molecule has 1 aliphatic heterocycles. The number of benzene rings is 1. The van der Waals surface area contributed by atoms with E-state index in [-0.39, 0.29) is 12.0 Å². The Labute approximate surface area is 161 Å². The summed E-state index contributed by atoms with van der Waals surface area (Å²) in [5, 5.41) is 2.68. The summed E-state index contributed by atoms with van der Waals surface area (Å²) in [5.74, 6) is 1.64. The van der Waals surface area contributed by atoms with Gasteiger partial charge in [0.25, 0.3) is 0 Å². The monoisotopic (exact) mass is 374 g/mol. The molecule has 6 heteroatoms. The maximum Gasteiger partial charge on any atom is 0.411 e. The Bertz CT molecular complexity index is 668. The van der Waals surface area contributed by atoms with Gasteiger partial charge in [0.05, 0.1) is 24.8 Å². The number of carbonyl (C=O) groups is 2. The zero-order valence-electron chi connectivity index (χ0n) is 16.3. The molecule has 1 spiro atoms. The van der Waals surface area contributed by atoms with Crippen LogP contribution in [-0.2, 0) is 9.53 Å². The zero-order valence-corrected chi connectivity index (χ0v) is 16.3. The van der Waals surface area contributed by atoms with Gasteiger partial charge >= 0.3 is 6.09 Å². The van der Waals surface area contributed by atoms with Crippen LogP contribution in [0, 0.1) is 11.3 Å². The van der Waals surface area contributed by atoms with Crippen LogP contribution in [0.15, 0.2) is 24.3 Å². The van der Waals surface area contributed by atoms with Gasteiger partial charge in [0.1, 0.15) is 5.75 Å². The molecule has 1 aliphatic carbocycles. The number of nitrogens with one attached hydrogen (secondary N) is 1. The summed E-state index contributed by atoms with van der Waals surface area (Å²) < 4.78 is 10.4. The third kappa shape index (κ3) is 4.54. The highest BCUT2D eigenvalue weighted by Gasteiger charge is 2.47. The number of nitrogens with zero attached hydrogens (tertiary/aromatic N) is 1. The third-order valence-corrected chi connectivity index (χ3v) is 5.98. The standard InChI is InChI=1S/C21H30N2O4/c1-16-8-10-21(11-9-16)12-14-23(19(21)24)13-5-15-27-20(25)22-17-6-3-4-7-18(17)26-2/h3-4,6-7,16H,5,8-15H2,1-2H3,(H,22,25). The lowest BCUT2D eigenvalue weighted by atomic mass is 9.70. The lowest BCUT2D eigenvalue weighted by Gasteiger charge is -2.34. The van der Waals surface area contributed by atoms with Crippen LogP contribution in [0.3, 0.4) is 0 Å². The number of likely N-dealkylation sites (tertiary alicyclic amines) is 1. The van der Waals surface area contributed by atoms with E-state index in [0.717, 1.165) is 44.6 Å². The maximum atomic E-state index is 12.8. The van der Waals surface area contributed by atoms with Crippen LogP contribution < -0.4 is 10.1 Å². The second-order valence-electron chi connectivity index (χ2n) is 7.82. The van der Waals surface area contributed by atoms with Crippen molar-refractivity contribution in [3.63, 3.8) is 0 Å². The van der Waals surface area contributed by atoms with Crippen LogP contribution in [0.1, 0.15) is 45.4 Å². The molecule has 148 valence electrons. The first kappa shape index (κ1) is 19.5. The normalized spacial score (nSPS) is 24.9. The van der Waals surface area contributed by atoms with Gasteiger partial charge in [-0.05, 0) is 56.6 Å². The molecule has 6 nitrogen and oxygen atoms in total. The van der Waals surface area contributed by atoms with Crippen molar-refractivity contribution < 1.29 is 19.1 Å². The number of hydrogen-bond donors (Lipinski definition) is 1. The second kappa shape index (κ2) is 8.63. The Balaban J connectivity index is 1.39. The molecule has 1 saturated heterocycles. The van der Waals surface area contributed by atoms with Gasteiger partial charge in [0, 0.05) is 13.1 Å². The summed E-state index contributed by atoms with van der Waals surface area (Å²) >= 11 is 0. The van der Waals surface area contributed by atoms with E-state index in [1.165, 1.54) is 0 Å². The zero-order chi connectivity index (χ0) is 19.3. The Morgan fingerprint density at radius 1 is 1.26 bits per heavy atom. The number of rotatable bonds is 6. The fraction of sp³-hybridized carbons (Fsp3) is 0.619. The van der Waals surface area contributed by atoms with Crippen molar-refractivity contribution >= 4 is 17.7 Å². The van der Waals surface area contributed by atoms with Crippen molar-refractivity contribution in [2.75, 3.05) is 32.1 Å². The molecule has 0 unspecified atom stereocenters. The quantitative estimate of drug-likeness (QED) is 0.763. The van der Waals surface area contributed by atoms with Crippen LogP contribution in [0.4, 0.5) is 10.5 Å². The SMILES string of the molecule is COc1ccccc1NC(=O)OCCCN1CCC2(CCC(C)CC2)C1=O. The maximum absolute atomic E-state index is 12.8. The fourth-order valence-electron chi connectivity index (χ4n) is 4.20. The van der Waals surface area contributed by atoms with E-state index in [0.29, 0.717) is 30.3 Å². The molecule has 2 amide bonds. The molecule has 27 heavy (non-hydrogen) atoms. The van der Waals surface area contributed by atoms with E-state index in [1.54, 1.807) is 19.2 Å². The molecule has 0 aromatic heterocycles. The number of carbonyl (C=O) groups excluding carboxylic acids is 2. The molecule has 0 atom stereocenters. The van der Waals surface area contributed by atoms with E-state index in [1.807, 2.05) is 17.0 Å². The lowest BCUT2D eigenvalue weighted by Crippen LogP contribution is -2.37. The van der Waals surface area contributed by atoms with Crippen LogP contribution in [-0.4, -0.2) is 43.7 Å². The van der Waals surface area contributed by atoms with E-state index < -0.39 is 6.09 Å². The molecule has 0 bridgehead atoms. The molecule has 1 aromatic rings. The lowest BCUT2D eigenvalue weighted by molar-refractivity contribution is -0.138. The van der Waals surface area contributed by atoms with Crippen molar-refractivity contribution in [3.8, 4) is 5.75 Å². The highest BCUT2D eigenvalue weighted by molar-refractivity contribution is 5.86. The molecular weight excluding hydrogens is 344 g/mol. The Hall–Kier alpha value is -2.24. The van der Waals surface area contributed by atoms with E-state index >= 15 is 0 Å². The molecule has 2 aliphatic rings. The molecule has 0 radical (unpaired) electrons. The summed E-state index contributed by atoms with van der Waals surface area (Å²) in [4.78, 5) is 26.7. The van der Waals surface area contributed by atoms with Gasteiger partial charge in [-0.2, -0.15) is 0 Å². The first-order valence-corrected chi connectivity index (χ1v) is 9.90. The fourth-order valence-corrected chi connectivity index (χ4v) is 4.20. The first-order valence-electron chi connectivity index (χ1n) is 9.90. The van der Waals surface area contributed by atoms with E-state index in [2.05, 4.69) is 12.2 Å². The Kier molecular flexibility index (Phi) is 6.24. The predicted octanol–water partition coefficient (Wildman–Crippen LogP) is 4.06. The summed E-state index contributed by atoms with van der Waals surface area (Å²) in [6.45, 7) is 4.05. The van der Waals surface area contributed by atoms with Gasteiger partial charge in [0.15, 0.2) is 0 Å². The summed E-state index contributed by atoms with van der Waals surface area (Å²) in [6, 6.07) is 7.19. The van der Waals surface area contributed by atoms with Gasteiger partial charge < -0.3 is 14.4 Å². The highest BCUT2D eigenvalue weighted by Crippen LogP contribution is 2.46. The number of hydrogen-bond acceptors (Lipinski definition) is 4. The second-order valence-corrected chi connectivity index (χ2v) is 7.82. The topological polar surface area (TPSA) is 67.9 Å². The number of para-hydroxylation sites is 2. The molecule has 1 aromatic carbocycles. The minimum atomic E-state index is -0.509. The molecular formula is C21H30N2O4. The highest BCUT2D eigenvalue weighted by atomic mass is 16.5. The van der Waals surface area contributed by atoms with Gasteiger partial charge in [-0.3, -0.25) is 10.1 Å². The Morgan fingerprint density at radius 2 is 2.00 bits per heavy atom. The Morgan fingerprint density at radius 3 is 2.74 bits per heavy atom. The third-order valence-electron chi connectivity index (χ3n) is 5.98. The predicted molar refractivity (Wildman–Crippen MR) is 104 cm³/mol. The van der Waals surface area contributed by atoms with Crippen molar-refractivity contribution in [2.24, 2.45) is 11.3 Å². The van der Waals surface area contributed by atoms with Gasteiger partial charge in [0.2, 0.25) is 5.91 Å². The van der Waals surface area contributed by atoms with Crippen molar-refractivity contribution in [1.82, 2.24) is 4.90 Å². The van der Waals surface area contributed by atoms with Gasteiger partial charge in [-0.25, -0.2) is 4.79 Å². The van der Waals surface area contributed by atoms with E-state index in [4.69, 9.17) is 9.47 Å². The molecule has 3 rings (SSSR count). The largest absolute Gasteiger partial charge is 0.495 e. The summed E-state index contributed by atoms with van der Waals surface area (Å²) in [7, 11) is 1.55. The molecule has 1 N–H and O–H groups in total. The number of anilines is 1. The van der Waals surface area contributed by atoms with Crippen molar-refractivity contribution in [3.05, 3.63) is 24.3 Å². The van der Waals surface area contributed by atoms with Crippen LogP contribution in [0.25, 0.3) is 0 Å². The van der Waals surface area contributed by atoms with Crippen molar-refractivity contribution in [2.45, 2.75) is 45.4 Å². The molecule has 1 saturated carbocycles.